The number of carbonyl (C=O) groups excluding carboxylic acids is 2. The van der Waals surface area contributed by atoms with Crippen molar-refractivity contribution in [1.82, 2.24) is 10.2 Å². The topological polar surface area (TPSA) is 61.9 Å². The maximum absolute atomic E-state index is 13.3. The van der Waals surface area contributed by atoms with Gasteiger partial charge in [-0.1, -0.05) is 30.3 Å². The van der Waals surface area contributed by atoms with Crippen molar-refractivity contribution in [2.24, 2.45) is 0 Å². The van der Waals surface area contributed by atoms with E-state index in [1.165, 1.54) is 23.7 Å². The summed E-state index contributed by atoms with van der Waals surface area (Å²) in [6, 6.07) is 23.2. The molecule has 7 heteroatoms. The third kappa shape index (κ3) is 6.61. The molecule has 188 valence electrons. The second-order valence-electron chi connectivity index (χ2n) is 8.98. The lowest BCUT2D eigenvalue weighted by atomic mass is 10.1. The van der Waals surface area contributed by atoms with E-state index in [9.17, 15) is 9.59 Å². The molecule has 36 heavy (non-hydrogen) atoms. The molecular formula is C29H33N3O3S. The standard InChI is InChI=1S/C29H33N3O3S/c1-21-8-7-11-28(22(21)2)31-16-18-32(19-17-31)29(34)27(30-23(3)33)20-36-26-14-12-25(13-15-26)35-24-9-5-4-6-10-24/h4-15,27H,16-20H2,1-3H3,(H,30,33). The van der Waals surface area contributed by atoms with Gasteiger partial charge in [0.1, 0.15) is 17.5 Å². The summed E-state index contributed by atoms with van der Waals surface area (Å²) in [6.45, 7) is 8.55. The summed E-state index contributed by atoms with van der Waals surface area (Å²) in [5, 5.41) is 2.86. The number of benzene rings is 3. The van der Waals surface area contributed by atoms with Crippen LogP contribution in [0.4, 0.5) is 5.69 Å². The molecule has 1 fully saturated rings. The second kappa shape index (κ2) is 12.0. The lowest BCUT2D eigenvalue weighted by molar-refractivity contribution is -0.135. The largest absolute Gasteiger partial charge is 0.457 e. The third-order valence-electron chi connectivity index (χ3n) is 6.40. The number of aryl methyl sites for hydroxylation is 1. The van der Waals surface area contributed by atoms with Crippen molar-refractivity contribution in [3.63, 3.8) is 0 Å². The van der Waals surface area contributed by atoms with Gasteiger partial charge in [-0.05, 0) is 67.4 Å². The lowest BCUT2D eigenvalue weighted by Gasteiger charge is -2.38. The van der Waals surface area contributed by atoms with E-state index < -0.39 is 6.04 Å². The van der Waals surface area contributed by atoms with Gasteiger partial charge in [0.25, 0.3) is 0 Å². The van der Waals surface area contributed by atoms with Gasteiger partial charge in [-0.3, -0.25) is 9.59 Å². The molecular weight excluding hydrogens is 470 g/mol. The molecule has 1 atom stereocenters. The van der Waals surface area contributed by atoms with E-state index in [0.717, 1.165) is 29.5 Å². The van der Waals surface area contributed by atoms with Gasteiger partial charge in [-0.25, -0.2) is 0 Å². The van der Waals surface area contributed by atoms with E-state index in [1.54, 1.807) is 11.8 Å². The molecule has 1 unspecified atom stereocenters. The Bertz CT molecular complexity index is 1180. The predicted molar refractivity (Wildman–Crippen MR) is 146 cm³/mol. The highest BCUT2D eigenvalue weighted by Gasteiger charge is 2.28. The molecule has 0 radical (unpaired) electrons. The van der Waals surface area contributed by atoms with Gasteiger partial charge in [-0.15, -0.1) is 11.8 Å². The maximum atomic E-state index is 13.3. The molecule has 4 rings (SSSR count). The molecule has 1 saturated heterocycles. The van der Waals surface area contributed by atoms with Gasteiger partial charge >= 0.3 is 0 Å². The molecule has 0 aromatic heterocycles. The van der Waals surface area contributed by atoms with Crippen LogP contribution in [-0.4, -0.2) is 54.7 Å². The lowest BCUT2D eigenvalue weighted by Crippen LogP contribution is -2.55. The summed E-state index contributed by atoms with van der Waals surface area (Å²) >= 11 is 1.55. The first-order valence-electron chi connectivity index (χ1n) is 12.2. The SMILES string of the molecule is CC(=O)NC(CSc1ccc(Oc2ccccc2)cc1)C(=O)N1CCN(c2cccc(C)c2C)CC1. The van der Waals surface area contributed by atoms with Gasteiger partial charge in [0, 0.05) is 49.4 Å². The molecule has 1 aliphatic heterocycles. The fourth-order valence-corrected chi connectivity index (χ4v) is 5.21. The monoisotopic (exact) mass is 503 g/mol. The Labute approximate surface area is 217 Å². The minimum atomic E-state index is -0.569. The van der Waals surface area contributed by atoms with Gasteiger partial charge < -0.3 is 19.9 Å². The molecule has 0 spiro atoms. The number of ether oxygens (including phenoxy) is 1. The molecule has 1 aliphatic rings. The van der Waals surface area contributed by atoms with Crippen LogP contribution in [0.5, 0.6) is 11.5 Å². The minimum absolute atomic E-state index is 0.0256. The van der Waals surface area contributed by atoms with Crippen LogP contribution in [0.1, 0.15) is 18.1 Å². The van der Waals surface area contributed by atoms with Crippen LogP contribution in [0.2, 0.25) is 0 Å². The molecule has 3 aromatic carbocycles. The van der Waals surface area contributed by atoms with Gasteiger partial charge in [0.15, 0.2) is 0 Å². The summed E-state index contributed by atoms with van der Waals surface area (Å²) in [6.07, 6.45) is 0. The van der Waals surface area contributed by atoms with E-state index >= 15 is 0 Å². The van der Waals surface area contributed by atoms with E-state index in [4.69, 9.17) is 4.74 Å². The normalized spacial score (nSPS) is 14.3. The Morgan fingerprint density at radius 2 is 1.56 bits per heavy atom. The number of hydrogen-bond acceptors (Lipinski definition) is 5. The zero-order chi connectivity index (χ0) is 25.5. The highest BCUT2D eigenvalue weighted by molar-refractivity contribution is 7.99. The highest BCUT2D eigenvalue weighted by atomic mass is 32.2. The van der Waals surface area contributed by atoms with Crippen molar-refractivity contribution in [3.05, 3.63) is 83.9 Å². The number of thioether (sulfide) groups is 1. The van der Waals surface area contributed by atoms with Gasteiger partial charge in [-0.2, -0.15) is 0 Å². The van der Waals surface area contributed by atoms with Crippen molar-refractivity contribution in [2.75, 3.05) is 36.8 Å². The summed E-state index contributed by atoms with van der Waals surface area (Å²) in [4.78, 5) is 30.4. The van der Waals surface area contributed by atoms with Gasteiger partial charge in [0.2, 0.25) is 11.8 Å². The molecule has 0 aliphatic carbocycles. The number of piperazine rings is 1. The van der Waals surface area contributed by atoms with E-state index in [2.05, 4.69) is 42.3 Å². The number of nitrogens with one attached hydrogen (secondary N) is 1. The number of carbonyl (C=O) groups is 2. The smallest absolute Gasteiger partial charge is 0.246 e. The van der Waals surface area contributed by atoms with Crippen LogP contribution in [0.25, 0.3) is 0 Å². The van der Waals surface area contributed by atoms with Crippen LogP contribution in [0.15, 0.2) is 77.7 Å². The quantitative estimate of drug-likeness (QED) is 0.437. The number of amides is 2. The Balaban J connectivity index is 1.33. The van der Waals surface area contributed by atoms with Crippen molar-refractivity contribution in [2.45, 2.75) is 31.7 Å². The zero-order valence-corrected chi connectivity index (χ0v) is 21.9. The van der Waals surface area contributed by atoms with Crippen LogP contribution < -0.4 is 15.0 Å². The van der Waals surface area contributed by atoms with Crippen LogP contribution in [-0.2, 0) is 9.59 Å². The zero-order valence-electron chi connectivity index (χ0n) is 21.1. The van der Waals surface area contributed by atoms with E-state index in [1.807, 2.05) is 59.5 Å². The summed E-state index contributed by atoms with van der Waals surface area (Å²) in [7, 11) is 0. The Morgan fingerprint density at radius 3 is 2.22 bits per heavy atom. The molecule has 0 saturated carbocycles. The fourth-order valence-electron chi connectivity index (χ4n) is 4.29. The van der Waals surface area contributed by atoms with Crippen LogP contribution in [0.3, 0.4) is 0 Å². The van der Waals surface area contributed by atoms with E-state index in [-0.39, 0.29) is 11.8 Å². The second-order valence-corrected chi connectivity index (χ2v) is 10.1. The van der Waals surface area contributed by atoms with Crippen molar-refractivity contribution in [1.29, 1.82) is 0 Å². The van der Waals surface area contributed by atoms with Crippen molar-refractivity contribution < 1.29 is 14.3 Å². The van der Waals surface area contributed by atoms with Crippen LogP contribution in [0, 0.1) is 13.8 Å². The van der Waals surface area contributed by atoms with Crippen molar-refractivity contribution >= 4 is 29.3 Å². The van der Waals surface area contributed by atoms with E-state index in [0.29, 0.717) is 18.8 Å². The summed E-state index contributed by atoms with van der Waals surface area (Å²) in [5.74, 6) is 1.78. The number of hydrogen-bond donors (Lipinski definition) is 1. The fraction of sp³-hybridized carbons (Fsp3) is 0.310. The number of rotatable bonds is 8. The van der Waals surface area contributed by atoms with Crippen molar-refractivity contribution in [3.8, 4) is 11.5 Å². The number of para-hydroxylation sites is 1. The Kier molecular flexibility index (Phi) is 8.54. The third-order valence-corrected chi connectivity index (χ3v) is 7.51. The molecule has 0 bridgehead atoms. The molecule has 1 heterocycles. The average molecular weight is 504 g/mol. The number of nitrogens with zero attached hydrogens (tertiary/aromatic N) is 2. The highest BCUT2D eigenvalue weighted by Crippen LogP contribution is 2.27. The van der Waals surface area contributed by atoms with Gasteiger partial charge in [0.05, 0.1) is 0 Å². The minimum Gasteiger partial charge on any atom is -0.457 e. The molecule has 6 nitrogen and oxygen atoms in total. The molecule has 1 N–H and O–H groups in total. The van der Waals surface area contributed by atoms with Crippen LogP contribution >= 0.6 is 11.8 Å². The maximum Gasteiger partial charge on any atom is 0.246 e. The molecule has 2 amide bonds. The first kappa shape index (κ1) is 25.6. The summed E-state index contributed by atoms with van der Waals surface area (Å²) < 4.78 is 5.85. The average Bonchev–Trinajstić information content (AvgIpc) is 2.89. The Hall–Kier alpha value is -3.45. The first-order valence-corrected chi connectivity index (χ1v) is 13.2. The Morgan fingerprint density at radius 1 is 0.889 bits per heavy atom. The first-order chi connectivity index (χ1) is 17.4. The summed E-state index contributed by atoms with van der Waals surface area (Å²) in [5.41, 5.74) is 3.79. The molecule has 3 aromatic rings. The predicted octanol–water partition coefficient (Wildman–Crippen LogP) is 5.04. The number of anilines is 1.